The maximum absolute atomic E-state index is 6.26. The first kappa shape index (κ1) is 30.6. The first-order valence-corrected chi connectivity index (χ1v) is 19.3. The highest BCUT2D eigenvalue weighted by atomic mass is 16.3. The van der Waals surface area contributed by atoms with E-state index in [4.69, 9.17) is 14.4 Å². The molecule has 9 aromatic carbocycles. The summed E-state index contributed by atoms with van der Waals surface area (Å²) in [4.78, 5) is 10.9. The van der Waals surface area contributed by atoms with Crippen LogP contribution in [0.4, 0.5) is 0 Å². The van der Waals surface area contributed by atoms with Crippen molar-refractivity contribution in [2.75, 3.05) is 0 Å². The number of rotatable bonds is 3. The Morgan fingerprint density at radius 2 is 0.965 bits per heavy atom. The second-order valence-corrected chi connectivity index (χ2v) is 14.9. The van der Waals surface area contributed by atoms with Crippen molar-refractivity contribution in [2.24, 2.45) is 0 Å². The van der Waals surface area contributed by atoms with Crippen molar-refractivity contribution in [1.82, 2.24) is 19.1 Å². The first-order chi connectivity index (χ1) is 28.3. The topological polar surface area (TPSA) is 48.8 Å². The zero-order chi connectivity index (χ0) is 37.2. The molecule has 0 aliphatic carbocycles. The molecule has 13 rings (SSSR count). The Kier molecular flexibility index (Phi) is 6.10. The predicted octanol–water partition coefficient (Wildman–Crippen LogP) is 13.7. The van der Waals surface area contributed by atoms with E-state index in [2.05, 4.69) is 161 Å². The Labute approximate surface area is 325 Å². The highest BCUT2D eigenvalue weighted by molar-refractivity contribution is 6.23. The third-order valence-corrected chi connectivity index (χ3v) is 11.9. The van der Waals surface area contributed by atoms with Gasteiger partial charge in [-0.05, 0) is 88.3 Å². The van der Waals surface area contributed by atoms with Crippen molar-refractivity contribution in [3.8, 4) is 22.8 Å². The standard InChI is InChI=1S/C52H30N4O/c1-3-13-35-31(11-1)21-26-44-49(35)38-16-5-9-19-43(38)55(44)34-24-25-39-46(30-34)56(45-27-22-32-12-2-4-14-36(32)50(39)45)52-51(53-41-17-7-8-18-42(41)54-52)33-23-28-48-40(29-33)37-15-6-10-20-47(37)57-48/h1-30H. The molecule has 0 atom stereocenters. The molecule has 0 amide bonds. The largest absolute Gasteiger partial charge is 0.456 e. The monoisotopic (exact) mass is 726 g/mol. The molecule has 57 heavy (non-hydrogen) atoms. The molecule has 0 saturated heterocycles. The predicted molar refractivity (Wildman–Crippen MR) is 236 cm³/mol. The first-order valence-electron chi connectivity index (χ1n) is 19.3. The van der Waals surface area contributed by atoms with E-state index in [-0.39, 0.29) is 0 Å². The molecule has 0 saturated carbocycles. The van der Waals surface area contributed by atoms with Gasteiger partial charge in [0, 0.05) is 43.6 Å². The molecule has 264 valence electrons. The molecule has 0 radical (unpaired) electrons. The van der Waals surface area contributed by atoms with Gasteiger partial charge in [0.1, 0.15) is 16.9 Å². The van der Waals surface area contributed by atoms with Crippen molar-refractivity contribution < 1.29 is 4.42 Å². The van der Waals surface area contributed by atoms with Gasteiger partial charge in [-0.2, -0.15) is 0 Å². The molecule has 0 bridgehead atoms. The number of hydrogen-bond acceptors (Lipinski definition) is 3. The lowest BCUT2D eigenvalue weighted by atomic mass is 10.0. The molecule has 0 N–H and O–H groups in total. The molecular weight excluding hydrogens is 697 g/mol. The van der Waals surface area contributed by atoms with Gasteiger partial charge in [0.25, 0.3) is 0 Å². The lowest BCUT2D eigenvalue weighted by molar-refractivity contribution is 0.669. The SMILES string of the molecule is c1ccc2c(c1)ccc1c2c2ccccc2n1-c1ccc2c3c4ccccc4ccc3n(-c3nc4ccccc4nc3-c3ccc4oc5ccccc5c4c3)c2c1. The van der Waals surface area contributed by atoms with E-state index in [0.29, 0.717) is 0 Å². The van der Waals surface area contributed by atoms with Crippen molar-refractivity contribution in [3.05, 3.63) is 182 Å². The van der Waals surface area contributed by atoms with Gasteiger partial charge in [-0.15, -0.1) is 0 Å². The summed E-state index contributed by atoms with van der Waals surface area (Å²) in [6, 6.07) is 64.8. The molecule has 0 aliphatic heterocycles. The minimum absolute atomic E-state index is 0.779. The molecule has 4 aromatic heterocycles. The zero-order valence-corrected chi connectivity index (χ0v) is 30.5. The fraction of sp³-hybridized carbons (Fsp3) is 0. The summed E-state index contributed by atoms with van der Waals surface area (Å²) in [5.41, 5.74) is 10.8. The van der Waals surface area contributed by atoms with E-state index < -0.39 is 0 Å². The van der Waals surface area contributed by atoms with Crippen LogP contribution in [0.5, 0.6) is 0 Å². The lowest BCUT2D eigenvalue weighted by Gasteiger charge is -2.15. The second kappa shape index (κ2) is 11.4. The zero-order valence-electron chi connectivity index (χ0n) is 30.5. The van der Waals surface area contributed by atoms with E-state index in [1.165, 1.54) is 48.7 Å². The van der Waals surface area contributed by atoms with Crippen LogP contribution in [0.1, 0.15) is 0 Å². The Bertz CT molecular complexity index is 3830. The third kappa shape index (κ3) is 4.28. The normalized spacial score (nSPS) is 12.2. The van der Waals surface area contributed by atoms with Crippen LogP contribution in [-0.2, 0) is 0 Å². The minimum atomic E-state index is 0.779. The fourth-order valence-electron chi connectivity index (χ4n) is 9.37. The van der Waals surface area contributed by atoms with Crippen LogP contribution < -0.4 is 0 Å². The quantitative estimate of drug-likeness (QED) is 0.182. The van der Waals surface area contributed by atoms with Gasteiger partial charge in [-0.25, -0.2) is 9.97 Å². The van der Waals surface area contributed by atoms with Crippen LogP contribution in [0.2, 0.25) is 0 Å². The van der Waals surface area contributed by atoms with Crippen LogP contribution in [0, 0.1) is 0 Å². The van der Waals surface area contributed by atoms with E-state index in [1.54, 1.807) is 0 Å². The summed E-state index contributed by atoms with van der Waals surface area (Å²) < 4.78 is 11.0. The van der Waals surface area contributed by atoms with Crippen molar-refractivity contribution in [1.29, 1.82) is 0 Å². The van der Waals surface area contributed by atoms with Crippen LogP contribution in [-0.4, -0.2) is 19.1 Å². The number of para-hydroxylation sites is 4. The summed E-state index contributed by atoms with van der Waals surface area (Å²) in [5.74, 6) is 0.779. The Morgan fingerprint density at radius 3 is 1.74 bits per heavy atom. The maximum atomic E-state index is 6.26. The van der Waals surface area contributed by atoms with E-state index in [0.717, 1.165) is 72.2 Å². The third-order valence-electron chi connectivity index (χ3n) is 11.9. The smallest absolute Gasteiger partial charge is 0.165 e. The molecule has 0 aliphatic rings. The second-order valence-electron chi connectivity index (χ2n) is 14.9. The molecule has 13 aromatic rings. The maximum Gasteiger partial charge on any atom is 0.165 e. The molecule has 0 fully saturated rings. The van der Waals surface area contributed by atoms with Crippen molar-refractivity contribution in [2.45, 2.75) is 0 Å². The molecule has 0 spiro atoms. The number of fused-ring (bicyclic) bond motifs is 14. The number of benzene rings is 9. The van der Waals surface area contributed by atoms with Gasteiger partial charge in [-0.1, -0.05) is 115 Å². The van der Waals surface area contributed by atoms with Crippen molar-refractivity contribution in [3.63, 3.8) is 0 Å². The number of furan rings is 1. The highest BCUT2D eigenvalue weighted by Gasteiger charge is 2.23. The highest BCUT2D eigenvalue weighted by Crippen LogP contribution is 2.43. The van der Waals surface area contributed by atoms with E-state index >= 15 is 0 Å². The number of nitrogens with zero attached hydrogens (tertiary/aromatic N) is 4. The van der Waals surface area contributed by atoms with Crippen LogP contribution >= 0.6 is 0 Å². The Morgan fingerprint density at radius 1 is 0.368 bits per heavy atom. The summed E-state index contributed by atoms with van der Waals surface area (Å²) in [7, 11) is 0. The minimum Gasteiger partial charge on any atom is -0.456 e. The average Bonchev–Trinajstić information content (AvgIpc) is 3.93. The Hall–Kier alpha value is -7.76. The molecular formula is C52H30N4O. The molecule has 4 heterocycles. The van der Waals surface area contributed by atoms with Gasteiger partial charge in [0.15, 0.2) is 5.82 Å². The molecule has 0 unspecified atom stereocenters. The van der Waals surface area contributed by atoms with Crippen LogP contribution in [0.25, 0.3) is 121 Å². The van der Waals surface area contributed by atoms with Gasteiger partial charge in [0.05, 0.1) is 33.1 Å². The van der Waals surface area contributed by atoms with Gasteiger partial charge < -0.3 is 8.98 Å². The van der Waals surface area contributed by atoms with E-state index in [9.17, 15) is 0 Å². The van der Waals surface area contributed by atoms with E-state index in [1.807, 2.05) is 30.3 Å². The summed E-state index contributed by atoms with van der Waals surface area (Å²) in [5, 5.41) is 11.9. The van der Waals surface area contributed by atoms with Crippen molar-refractivity contribution >= 4 is 98.1 Å². The van der Waals surface area contributed by atoms with Crippen LogP contribution in [0.15, 0.2) is 186 Å². The number of aromatic nitrogens is 4. The summed E-state index contributed by atoms with van der Waals surface area (Å²) >= 11 is 0. The molecule has 5 nitrogen and oxygen atoms in total. The number of hydrogen-bond donors (Lipinski definition) is 0. The van der Waals surface area contributed by atoms with Gasteiger partial charge in [0.2, 0.25) is 0 Å². The Balaban J connectivity index is 1.16. The lowest BCUT2D eigenvalue weighted by Crippen LogP contribution is -2.04. The van der Waals surface area contributed by atoms with Gasteiger partial charge in [-0.3, -0.25) is 4.57 Å². The fourth-order valence-corrected chi connectivity index (χ4v) is 9.37. The summed E-state index contributed by atoms with van der Waals surface area (Å²) in [6.07, 6.45) is 0. The average molecular weight is 727 g/mol. The van der Waals surface area contributed by atoms with Gasteiger partial charge >= 0.3 is 0 Å². The van der Waals surface area contributed by atoms with Crippen LogP contribution in [0.3, 0.4) is 0 Å². The summed E-state index contributed by atoms with van der Waals surface area (Å²) in [6.45, 7) is 0. The molecule has 5 heteroatoms.